The van der Waals surface area contributed by atoms with E-state index in [0.29, 0.717) is 11.8 Å². The van der Waals surface area contributed by atoms with Crippen LogP contribution in [0.5, 0.6) is 11.8 Å². The Morgan fingerprint density at radius 1 is 1.33 bits per heavy atom. The number of carboxylic acid groups (broad SMARTS) is 1. The van der Waals surface area contributed by atoms with E-state index in [4.69, 9.17) is 9.47 Å². The van der Waals surface area contributed by atoms with Crippen LogP contribution in [0.15, 0.2) is 22.2 Å². The van der Waals surface area contributed by atoms with Crippen molar-refractivity contribution >= 4 is 41.3 Å². The molecule has 0 aliphatic carbocycles. The zero-order valence-electron chi connectivity index (χ0n) is 11.4. The van der Waals surface area contributed by atoms with Crippen molar-refractivity contribution in [3.63, 3.8) is 0 Å². The van der Waals surface area contributed by atoms with Gasteiger partial charge in [-0.25, -0.2) is 4.79 Å². The predicted octanol–water partition coefficient (Wildman–Crippen LogP) is 2.36. The second kappa shape index (κ2) is 7.81. The molecule has 1 aromatic rings. The third-order valence-corrected chi connectivity index (χ3v) is 6.20. The normalized spacial score (nSPS) is 16.0. The lowest BCUT2D eigenvalue weighted by Gasteiger charge is -2.07. The largest absolute Gasteiger partial charge is 0.481 e. The molecule has 1 N–H and O–H groups in total. The van der Waals surface area contributed by atoms with Crippen molar-refractivity contribution in [2.75, 3.05) is 25.7 Å². The molecule has 0 radical (unpaired) electrons. The highest BCUT2D eigenvalue weighted by Gasteiger charge is 2.19. The van der Waals surface area contributed by atoms with Crippen LogP contribution in [-0.2, 0) is 4.79 Å². The van der Waals surface area contributed by atoms with Crippen LogP contribution in [0.3, 0.4) is 0 Å². The number of ether oxygens (including phenoxy) is 2. The first-order valence-corrected chi connectivity index (χ1v) is 8.87. The summed E-state index contributed by atoms with van der Waals surface area (Å²) in [5, 5.41) is 9.61. The van der Waals surface area contributed by atoms with Gasteiger partial charge in [-0.2, -0.15) is 9.97 Å². The van der Waals surface area contributed by atoms with E-state index in [0.717, 1.165) is 23.3 Å². The Balaban J connectivity index is 2.21. The molecule has 114 valence electrons. The van der Waals surface area contributed by atoms with Crippen molar-refractivity contribution in [2.45, 2.75) is 9.74 Å². The van der Waals surface area contributed by atoms with Crippen LogP contribution in [0.25, 0.3) is 0 Å². The van der Waals surface area contributed by atoms with Gasteiger partial charge in [0.25, 0.3) is 0 Å². The van der Waals surface area contributed by atoms with E-state index in [1.54, 1.807) is 29.6 Å². The number of hydrogen-bond acceptors (Lipinski definition) is 8. The Morgan fingerprint density at radius 3 is 2.38 bits per heavy atom. The molecule has 1 aromatic heterocycles. The minimum absolute atomic E-state index is 0.163. The molecule has 2 rings (SSSR count). The second-order valence-corrected chi connectivity index (χ2v) is 7.59. The Morgan fingerprint density at radius 2 is 1.90 bits per heavy atom. The zero-order valence-corrected chi connectivity index (χ0v) is 13.9. The Labute approximate surface area is 135 Å². The number of nitrogens with zero attached hydrogens (tertiary/aromatic N) is 2. The molecular weight excluding hydrogens is 332 g/mol. The van der Waals surface area contributed by atoms with Gasteiger partial charge in [-0.15, -0.1) is 23.5 Å². The van der Waals surface area contributed by atoms with Crippen LogP contribution in [0.2, 0.25) is 0 Å². The lowest BCUT2D eigenvalue weighted by molar-refractivity contribution is -0.131. The summed E-state index contributed by atoms with van der Waals surface area (Å²) in [5.74, 6) is 1.75. The molecule has 1 aliphatic heterocycles. The number of aromatic nitrogens is 2. The highest BCUT2D eigenvalue weighted by molar-refractivity contribution is 8.20. The van der Waals surface area contributed by atoms with Gasteiger partial charge in [0.2, 0.25) is 11.8 Å². The van der Waals surface area contributed by atoms with Crippen LogP contribution in [0.4, 0.5) is 0 Å². The summed E-state index contributed by atoms with van der Waals surface area (Å²) in [6.07, 6.45) is 1.74. The minimum atomic E-state index is -0.988. The van der Waals surface area contributed by atoms with Crippen LogP contribution in [0, 0.1) is 0 Å². The molecule has 0 unspecified atom stereocenters. The number of aliphatic carboxylic acids is 1. The summed E-state index contributed by atoms with van der Waals surface area (Å²) in [5.41, 5.74) is 0. The molecule has 21 heavy (non-hydrogen) atoms. The van der Waals surface area contributed by atoms with E-state index >= 15 is 0 Å². The highest BCUT2D eigenvalue weighted by atomic mass is 32.2. The maximum Gasteiger partial charge on any atom is 0.342 e. The van der Waals surface area contributed by atoms with E-state index in [1.165, 1.54) is 20.3 Å². The number of carboxylic acids is 1. The third kappa shape index (κ3) is 4.72. The molecule has 9 heteroatoms. The topological polar surface area (TPSA) is 81.5 Å². The Kier molecular flexibility index (Phi) is 6.07. The molecule has 0 aromatic carbocycles. The van der Waals surface area contributed by atoms with Crippen molar-refractivity contribution in [2.24, 2.45) is 0 Å². The van der Waals surface area contributed by atoms with Crippen molar-refractivity contribution in [1.82, 2.24) is 9.97 Å². The molecule has 1 fully saturated rings. The van der Waals surface area contributed by atoms with Gasteiger partial charge in [0.15, 0.2) is 5.16 Å². The van der Waals surface area contributed by atoms with Crippen LogP contribution < -0.4 is 9.47 Å². The lowest BCUT2D eigenvalue weighted by atomic mass is 10.5. The van der Waals surface area contributed by atoms with Crippen LogP contribution >= 0.6 is 35.3 Å². The Bertz CT molecular complexity index is 525. The van der Waals surface area contributed by atoms with Gasteiger partial charge in [0, 0.05) is 11.5 Å². The molecule has 1 saturated heterocycles. The van der Waals surface area contributed by atoms with E-state index in [9.17, 15) is 9.90 Å². The molecule has 2 heterocycles. The van der Waals surface area contributed by atoms with Gasteiger partial charge in [0.05, 0.1) is 29.8 Å². The first-order valence-electron chi connectivity index (χ1n) is 5.95. The third-order valence-electron chi connectivity index (χ3n) is 2.42. The monoisotopic (exact) mass is 346 g/mol. The molecule has 0 saturated carbocycles. The molecule has 0 spiro atoms. The first-order chi connectivity index (χ1) is 10.1. The Hall–Kier alpha value is -1.06. The summed E-state index contributed by atoms with van der Waals surface area (Å²) < 4.78 is 10.3. The molecule has 6 nitrogen and oxygen atoms in total. The van der Waals surface area contributed by atoms with Gasteiger partial charge >= 0.3 is 5.97 Å². The van der Waals surface area contributed by atoms with E-state index < -0.39 is 5.97 Å². The number of rotatable bonds is 6. The maximum atomic E-state index is 11.4. The maximum absolute atomic E-state index is 11.4. The van der Waals surface area contributed by atoms with Gasteiger partial charge in [-0.3, -0.25) is 0 Å². The summed E-state index contributed by atoms with van der Waals surface area (Å²) in [7, 11) is 2.96. The smallest absolute Gasteiger partial charge is 0.342 e. The summed E-state index contributed by atoms with van der Waals surface area (Å²) in [6, 6.07) is 1.54. The lowest BCUT2D eigenvalue weighted by Crippen LogP contribution is -2.02. The fourth-order valence-electron chi connectivity index (χ4n) is 1.48. The average Bonchev–Trinajstić information content (AvgIpc) is 2.99. The van der Waals surface area contributed by atoms with Crippen LogP contribution in [-0.4, -0.2) is 51.4 Å². The average molecular weight is 346 g/mol. The van der Waals surface area contributed by atoms with Gasteiger partial charge in [0.1, 0.15) is 0 Å². The fourth-order valence-corrected chi connectivity index (χ4v) is 5.08. The van der Waals surface area contributed by atoms with Crippen molar-refractivity contribution in [3.8, 4) is 11.8 Å². The fraction of sp³-hybridized carbons (Fsp3) is 0.417. The molecule has 1 aliphatic rings. The van der Waals surface area contributed by atoms with Gasteiger partial charge < -0.3 is 14.6 Å². The van der Waals surface area contributed by atoms with Gasteiger partial charge in [-0.1, -0.05) is 0 Å². The summed E-state index contributed by atoms with van der Waals surface area (Å²) in [4.78, 5) is 19.8. The van der Waals surface area contributed by atoms with Crippen LogP contribution in [0.1, 0.15) is 0 Å². The predicted molar refractivity (Wildman–Crippen MR) is 85.4 cm³/mol. The van der Waals surface area contributed by atoms with Crippen molar-refractivity contribution in [1.29, 1.82) is 0 Å². The SMILES string of the molecule is COc1cc(OC)nc(S/C(=C/C2SCCS2)C(=O)O)n1. The quantitative estimate of drug-likeness (QED) is 0.474. The van der Waals surface area contributed by atoms with E-state index in [-0.39, 0.29) is 14.6 Å². The van der Waals surface area contributed by atoms with Crippen molar-refractivity contribution < 1.29 is 19.4 Å². The van der Waals surface area contributed by atoms with E-state index in [1.807, 2.05) is 0 Å². The minimum Gasteiger partial charge on any atom is -0.481 e. The second-order valence-electron chi connectivity index (χ2n) is 3.78. The highest BCUT2D eigenvalue weighted by Crippen LogP contribution is 2.36. The number of carbonyl (C=O) groups is 1. The first kappa shape index (κ1) is 16.3. The molecular formula is C12H14N2O4S3. The molecule has 0 amide bonds. The zero-order chi connectivity index (χ0) is 15.2. The van der Waals surface area contributed by atoms with Gasteiger partial charge in [-0.05, 0) is 17.8 Å². The van der Waals surface area contributed by atoms with E-state index in [2.05, 4.69) is 9.97 Å². The number of methoxy groups -OCH3 is 2. The summed E-state index contributed by atoms with van der Waals surface area (Å²) >= 11 is 4.46. The number of hydrogen-bond donors (Lipinski definition) is 1. The summed E-state index contributed by atoms with van der Waals surface area (Å²) in [6.45, 7) is 0. The number of thioether (sulfide) groups is 3. The standard InChI is InChI=1S/C12H14N2O4S3/c1-17-8-6-9(18-2)14-12(13-8)21-7(11(15)16)5-10-19-3-4-20-10/h5-6,10H,3-4H2,1-2H3,(H,15,16)/b7-5+. The molecule has 0 atom stereocenters. The van der Waals surface area contributed by atoms with Crippen molar-refractivity contribution in [3.05, 3.63) is 17.0 Å². The molecule has 0 bridgehead atoms.